The molecule has 2 amide bonds. The van der Waals surface area contributed by atoms with Crippen LogP contribution in [-0.2, 0) is 14.4 Å². The van der Waals surface area contributed by atoms with E-state index < -0.39 is 11.6 Å². The van der Waals surface area contributed by atoms with Gasteiger partial charge in [-0.15, -0.1) is 0 Å². The predicted octanol–water partition coefficient (Wildman–Crippen LogP) is -1.30. The number of amides is 2. The summed E-state index contributed by atoms with van der Waals surface area (Å²) < 4.78 is 0. The van der Waals surface area contributed by atoms with Crippen molar-refractivity contribution in [2.24, 2.45) is 5.16 Å². The van der Waals surface area contributed by atoms with E-state index in [1.54, 1.807) is 5.32 Å². The number of carbonyl (C=O) groups excluding carboxylic acids is 2. The fraction of sp³-hybridized carbons (Fsp3) is 0.200. The molecule has 0 atom stereocenters. The number of nitrogens with zero attached hydrogens (tertiary/aromatic N) is 2. The summed E-state index contributed by atoms with van der Waals surface area (Å²) in [6, 6.07) is 1.42. The molecule has 1 N–H and O–H groups in total. The lowest BCUT2D eigenvalue weighted by Gasteiger charge is -1.90. The molecular weight excluding hydrogens is 150 g/mol. The second kappa shape index (κ2) is 4.93. The molecule has 11 heavy (non-hydrogen) atoms. The van der Waals surface area contributed by atoms with Crippen molar-refractivity contribution >= 4 is 18.0 Å². The van der Waals surface area contributed by atoms with E-state index in [2.05, 4.69) is 9.99 Å². The van der Waals surface area contributed by atoms with Gasteiger partial charge in [-0.05, 0) is 0 Å². The molecule has 0 aromatic heterocycles. The lowest BCUT2D eigenvalue weighted by molar-refractivity contribution is -0.113. The highest BCUT2D eigenvalue weighted by Gasteiger charge is 2.09. The van der Waals surface area contributed by atoms with Crippen molar-refractivity contribution in [3.8, 4) is 6.07 Å². The Morgan fingerprint density at radius 1 is 1.73 bits per heavy atom. The van der Waals surface area contributed by atoms with Gasteiger partial charge in [0.15, 0.2) is 0 Å². The molecule has 1 radical (unpaired) electrons. The van der Waals surface area contributed by atoms with Gasteiger partial charge in [0.2, 0.25) is 5.71 Å². The maximum atomic E-state index is 10.6. The molecule has 6 heteroatoms. The minimum absolute atomic E-state index is 0.532. The van der Waals surface area contributed by atoms with E-state index in [1.165, 1.54) is 13.2 Å². The average Bonchev–Trinajstić information content (AvgIpc) is 2.00. The molecule has 0 saturated carbocycles. The van der Waals surface area contributed by atoms with Gasteiger partial charge in [-0.3, -0.25) is 14.9 Å². The molecule has 0 saturated heterocycles. The Morgan fingerprint density at radius 2 is 2.36 bits per heavy atom. The number of oxime groups is 1. The molecule has 0 fully saturated rings. The van der Waals surface area contributed by atoms with E-state index in [0.29, 0.717) is 0 Å². The molecule has 0 bridgehead atoms. The van der Waals surface area contributed by atoms with E-state index in [1.807, 2.05) is 0 Å². The largest absolute Gasteiger partial charge is 0.398 e. The monoisotopic (exact) mass is 154 g/mol. The third kappa shape index (κ3) is 2.95. The van der Waals surface area contributed by atoms with Crippen LogP contribution in [0.1, 0.15) is 0 Å². The molecule has 0 heterocycles. The minimum atomic E-state index is -0.940. The first-order chi connectivity index (χ1) is 5.26. The summed E-state index contributed by atoms with van der Waals surface area (Å²) in [7, 11) is 1.18. The van der Waals surface area contributed by atoms with Crippen molar-refractivity contribution in [3.63, 3.8) is 0 Å². The molecule has 6 nitrogen and oxygen atoms in total. The quantitative estimate of drug-likeness (QED) is 0.310. The van der Waals surface area contributed by atoms with Gasteiger partial charge in [0, 0.05) is 0 Å². The van der Waals surface area contributed by atoms with E-state index in [4.69, 9.17) is 5.26 Å². The molecule has 0 unspecified atom stereocenters. The Morgan fingerprint density at radius 3 is 2.73 bits per heavy atom. The van der Waals surface area contributed by atoms with Gasteiger partial charge in [0.25, 0.3) is 5.91 Å². The van der Waals surface area contributed by atoms with Crippen LogP contribution in [0.2, 0.25) is 0 Å². The van der Waals surface area contributed by atoms with Crippen LogP contribution in [0.4, 0.5) is 0 Å². The predicted molar refractivity (Wildman–Crippen MR) is 33.9 cm³/mol. The molecule has 0 aromatic rings. The van der Waals surface area contributed by atoms with Crippen molar-refractivity contribution in [2.75, 3.05) is 7.11 Å². The number of nitrogens with one attached hydrogen (secondary N) is 1. The van der Waals surface area contributed by atoms with Crippen molar-refractivity contribution < 1.29 is 14.4 Å². The van der Waals surface area contributed by atoms with Crippen LogP contribution in [0.15, 0.2) is 5.16 Å². The van der Waals surface area contributed by atoms with Gasteiger partial charge in [-0.1, -0.05) is 5.16 Å². The molecule has 57 valence electrons. The lowest BCUT2D eigenvalue weighted by atomic mass is 10.4. The smallest absolute Gasteiger partial charge is 0.316 e. The number of carbonyl (C=O) groups is 1. The number of imide groups is 1. The topological polar surface area (TPSA) is 91.5 Å². The summed E-state index contributed by atoms with van der Waals surface area (Å²) in [5.74, 6) is -0.940. The fourth-order valence-corrected chi connectivity index (χ4v) is 0.309. The molecular formula is C5H4N3O3. The van der Waals surface area contributed by atoms with Crippen LogP contribution in [0.25, 0.3) is 0 Å². The zero-order valence-electron chi connectivity index (χ0n) is 5.62. The highest BCUT2D eigenvalue weighted by atomic mass is 16.6. The first-order valence-electron chi connectivity index (χ1n) is 2.45. The Kier molecular flexibility index (Phi) is 4.08. The summed E-state index contributed by atoms with van der Waals surface area (Å²) in [6.07, 6.45) is 1.10. The van der Waals surface area contributed by atoms with Crippen LogP contribution in [0.5, 0.6) is 0 Å². The lowest BCUT2D eigenvalue weighted by Crippen LogP contribution is -2.28. The summed E-state index contributed by atoms with van der Waals surface area (Å²) in [5, 5.41) is 12.8. The molecule has 0 aliphatic carbocycles. The second-order valence-electron chi connectivity index (χ2n) is 1.29. The van der Waals surface area contributed by atoms with Gasteiger partial charge < -0.3 is 4.84 Å². The van der Waals surface area contributed by atoms with E-state index >= 15 is 0 Å². The van der Waals surface area contributed by atoms with Gasteiger partial charge in [0.05, 0.1) is 0 Å². The van der Waals surface area contributed by atoms with Gasteiger partial charge >= 0.3 is 6.41 Å². The van der Waals surface area contributed by atoms with E-state index in [-0.39, 0.29) is 0 Å². The zero-order chi connectivity index (χ0) is 8.69. The van der Waals surface area contributed by atoms with Crippen molar-refractivity contribution in [3.05, 3.63) is 0 Å². The van der Waals surface area contributed by atoms with Gasteiger partial charge in [-0.2, -0.15) is 5.26 Å². The summed E-state index contributed by atoms with van der Waals surface area (Å²) >= 11 is 0. The van der Waals surface area contributed by atoms with Crippen LogP contribution in [-0.4, -0.2) is 25.1 Å². The van der Waals surface area contributed by atoms with Gasteiger partial charge in [-0.25, -0.2) is 0 Å². The van der Waals surface area contributed by atoms with Crippen LogP contribution in [0.3, 0.4) is 0 Å². The standard InChI is InChI=1S/C5H4N3O3/c1-11-8-4(2-6)5(10)7-3-9/h1H3,(H,7,9,10). The minimum Gasteiger partial charge on any atom is -0.398 e. The van der Waals surface area contributed by atoms with Gasteiger partial charge in [0.1, 0.15) is 13.2 Å². The Balaban J connectivity index is 4.29. The first-order valence-corrected chi connectivity index (χ1v) is 2.45. The Bertz CT molecular complexity index is 228. The van der Waals surface area contributed by atoms with Crippen LogP contribution >= 0.6 is 0 Å². The summed E-state index contributed by atoms with van der Waals surface area (Å²) in [4.78, 5) is 24.3. The van der Waals surface area contributed by atoms with Crippen LogP contribution < -0.4 is 5.32 Å². The van der Waals surface area contributed by atoms with E-state index in [9.17, 15) is 9.59 Å². The van der Waals surface area contributed by atoms with Crippen molar-refractivity contribution in [2.45, 2.75) is 0 Å². The third-order valence-electron chi connectivity index (χ3n) is 0.668. The number of hydrogen-bond donors (Lipinski definition) is 1. The average molecular weight is 154 g/mol. The molecule has 0 aromatic carbocycles. The van der Waals surface area contributed by atoms with Crippen molar-refractivity contribution in [1.82, 2.24) is 5.32 Å². The Labute approximate surface area is 62.4 Å². The highest BCUT2D eigenvalue weighted by molar-refractivity contribution is 6.46. The molecule has 0 spiro atoms. The van der Waals surface area contributed by atoms with Crippen LogP contribution in [0, 0.1) is 11.3 Å². The number of nitriles is 1. The molecule has 0 rings (SSSR count). The molecule has 0 aliphatic heterocycles. The zero-order valence-corrected chi connectivity index (χ0v) is 5.62. The first kappa shape index (κ1) is 9.10. The summed E-state index contributed by atoms with van der Waals surface area (Å²) in [6.45, 7) is 0. The number of rotatable bonds is 3. The highest BCUT2D eigenvalue weighted by Crippen LogP contribution is 1.77. The second-order valence-corrected chi connectivity index (χ2v) is 1.29. The van der Waals surface area contributed by atoms with Crippen molar-refractivity contribution in [1.29, 1.82) is 5.26 Å². The third-order valence-corrected chi connectivity index (χ3v) is 0.668. The maximum absolute atomic E-state index is 10.6. The number of hydrogen-bond acceptors (Lipinski definition) is 5. The Hall–Kier alpha value is -1.90. The summed E-state index contributed by atoms with van der Waals surface area (Å²) in [5.41, 5.74) is -0.532. The SMILES string of the molecule is CON=C(C#N)C(=O)N[C]=O. The van der Waals surface area contributed by atoms with E-state index in [0.717, 1.165) is 6.41 Å². The molecule has 0 aliphatic rings. The maximum Gasteiger partial charge on any atom is 0.316 e. The normalized spacial score (nSPS) is 9.64. The fourth-order valence-electron chi connectivity index (χ4n) is 0.309.